The fraction of sp³-hybridized carbons (Fsp3) is 0.409. The monoisotopic (exact) mass is 455 g/mol. The molecule has 0 saturated carbocycles. The summed E-state index contributed by atoms with van der Waals surface area (Å²) in [6, 6.07) is 8.12. The number of nitrogens with zero attached hydrogens (tertiary/aromatic N) is 3. The van der Waals surface area contributed by atoms with E-state index in [2.05, 4.69) is 42.8 Å². The van der Waals surface area contributed by atoms with Gasteiger partial charge in [0.2, 0.25) is 0 Å². The van der Waals surface area contributed by atoms with Crippen molar-refractivity contribution in [2.24, 2.45) is 16.3 Å². The number of carbonyl (C=O) groups is 1. The molecule has 28 heavy (non-hydrogen) atoms. The largest absolute Gasteiger partial charge is 0.309 e. The molecule has 1 aliphatic heterocycles. The Balaban J connectivity index is 1.80. The topological polar surface area (TPSA) is 56.5 Å². The standard InChI is InChI=1S/C22H22BrN3OS/c1-22(2,3)12-5-7-14-16(11-24)20(28-18(14)9-12)25-19-15-10-13(23)6-8-17(15)26(4)21(19)27/h6,8,10,12H,5,7,9H2,1-4H3/t12-/m0/s1. The summed E-state index contributed by atoms with van der Waals surface area (Å²) in [7, 11) is 1.76. The molecule has 1 aromatic heterocycles. The van der Waals surface area contributed by atoms with Gasteiger partial charge in [0.15, 0.2) is 0 Å². The van der Waals surface area contributed by atoms with Crippen LogP contribution in [-0.4, -0.2) is 18.7 Å². The molecule has 1 amide bonds. The van der Waals surface area contributed by atoms with Crippen molar-refractivity contribution in [1.29, 1.82) is 5.26 Å². The third kappa shape index (κ3) is 3.11. The molecule has 0 radical (unpaired) electrons. The number of hydrogen-bond acceptors (Lipinski definition) is 4. The molecule has 144 valence electrons. The van der Waals surface area contributed by atoms with Crippen molar-refractivity contribution in [3.8, 4) is 6.07 Å². The van der Waals surface area contributed by atoms with Crippen LogP contribution in [0.3, 0.4) is 0 Å². The molecule has 2 heterocycles. The van der Waals surface area contributed by atoms with E-state index in [-0.39, 0.29) is 11.3 Å². The average molecular weight is 456 g/mol. The zero-order valence-corrected chi connectivity index (χ0v) is 18.9. The van der Waals surface area contributed by atoms with Gasteiger partial charge in [-0.05, 0) is 54.4 Å². The second kappa shape index (κ2) is 6.82. The molecule has 1 aliphatic carbocycles. The van der Waals surface area contributed by atoms with Gasteiger partial charge in [-0.25, -0.2) is 4.99 Å². The van der Waals surface area contributed by atoms with E-state index in [1.807, 2.05) is 18.2 Å². The van der Waals surface area contributed by atoms with E-state index in [4.69, 9.17) is 4.99 Å². The minimum atomic E-state index is -0.129. The highest BCUT2D eigenvalue weighted by Crippen LogP contribution is 2.45. The molecule has 0 saturated heterocycles. The van der Waals surface area contributed by atoms with Crippen LogP contribution in [0.5, 0.6) is 0 Å². The molecule has 4 rings (SSSR count). The molecule has 2 aromatic rings. The lowest BCUT2D eigenvalue weighted by Crippen LogP contribution is -2.26. The van der Waals surface area contributed by atoms with Crippen LogP contribution in [0.25, 0.3) is 0 Å². The average Bonchev–Trinajstić information content (AvgIpc) is 3.10. The number of rotatable bonds is 1. The first kappa shape index (κ1) is 19.4. The van der Waals surface area contributed by atoms with Crippen LogP contribution in [0.2, 0.25) is 0 Å². The number of thiophene rings is 1. The van der Waals surface area contributed by atoms with Gasteiger partial charge in [0.25, 0.3) is 5.91 Å². The third-order valence-corrected chi connectivity index (χ3v) is 7.52. The molecular formula is C22H22BrN3OS. The molecule has 0 N–H and O–H groups in total. The van der Waals surface area contributed by atoms with Gasteiger partial charge in [-0.1, -0.05) is 36.7 Å². The van der Waals surface area contributed by atoms with Crippen LogP contribution in [-0.2, 0) is 17.6 Å². The second-order valence-electron chi connectivity index (χ2n) is 8.59. The van der Waals surface area contributed by atoms with E-state index in [0.717, 1.165) is 40.5 Å². The molecule has 0 bridgehead atoms. The summed E-state index contributed by atoms with van der Waals surface area (Å²) >= 11 is 5.07. The fourth-order valence-corrected chi connectivity index (χ4v) is 5.70. The highest BCUT2D eigenvalue weighted by Gasteiger charge is 2.34. The minimum Gasteiger partial charge on any atom is -0.309 e. The lowest BCUT2D eigenvalue weighted by molar-refractivity contribution is -0.111. The Hall–Kier alpha value is -1.97. The molecule has 2 aliphatic rings. The highest BCUT2D eigenvalue weighted by atomic mass is 79.9. The molecule has 0 unspecified atom stereocenters. The first-order valence-corrected chi connectivity index (χ1v) is 11.0. The predicted molar refractivity (Wildman–Crippen MR) is 118 cm³/mol. The van der Waals surface area contributed by atoms with Crippen LogP contribution in [0.4, 0.5) is 10.7 Å². The maximum atomic E-state index is 12.8. The zero-order valence-electron chi connectivity index (χ0n) is 16.5. The van der Waals surface area contributed by atoms with E-state index in [1.54, 1.807) is 23.3 Å². The number of likely N-dealkylation sites (N-methyl/N-ethyl adjacent to an activating group) is 1. The van der Waals surface area contributed by atoms with E-state index in [0.29, 0.717) is 22.2 Å². The molecule has 1 atom stereocenters. The molecular weight excluding hydrogens is 434 g/mol. The number of benzene rings is 1. The molecule has 4 nitrogen and oxygen atoms in total. The van der Waals surface area contributed by atoms with Gasteiger partial charge < -0.3 is 4.90 Å². The van der Waals surface area contributed by atoms with E-state index >= 15 is 0 Å². The Morgan fingerprint density at radius 3 is 2.79 bits per heavy atom. The predicted octanol–water partition coefficient (Wildman–Crippen LogP) is 5.63. The summed E-state index contributed by atoms with van der Waals surface area (Å²) in [5.41, 5.74) is 4.11. The first-order chi connectivity index (χ1) is 13.2. The van der Waals surface area contributed by atoms with Crippen LogP contribution >= 0.6 is 27.3 Å². The SMILES string of the molecule is CN1C(=O)C(=Nc2sc3c(c2C#N)CC[C@H](C(C)(C)C)C3)c2cc(Br)ccc21. The number of halogens is 1. The van der Waals surface area contributed by atoms with Gasteiger partial charge >= 0.3 is 0 Å². The van der Waals surface area contributed by atoms with Gasteiger partial charge in [-0.15, -0.1) is 11.3 Å². The van der Waals surface area contributed by atoms with Crippen LogP contribution in [0.15, 0.2) is 27.7 Å². The normalized spacial score (nSPS) is 20.3. The number of nitriles is 1. The molecule has 0 fully saturated rings. The lowest BCUT2D eigenvalue weighted by Gasteiger charge is -2.33. The van der Waals surface area contributed by atoms with Gasteiger partial charge in [0.05, 0.1) is 11.3 Å². The van der Waals surface area contributed by atoms with Crippen LogP contribution < -0.4 is 4.90 Å². The number of aliphatic imine (C=N–C) groups is 1. The smallest absolute Gasteiger partial charge is 0.277 e. The fourth-order valence-electron chi connectivity index (χ4n) is 4.09. The van der Waals surface area contributed by atoms with Crippen LogP contribution in [0, 0.1) is 22.7 Å². The van der Waals surface area contributed by atoms with Crippen molar-refractivity contribution < 1.29 is 4.79 Å². The van der Waals surface area contributed by atoms with Gasteiger partial charge in [0.1, 0.15) is 16.8 Å². The minimum absolute atomic E-state index is 0.129. The number of carbonyl (C=O) groups excluding carboxylic acids is 1. The Kier molecular flexibility index (Phi) is 4.71. The third-order valence-electron chi connectivity index (χ3n) is 5.88. The first-order valence-electron chi connectivity index (χ1n) is 9.42. The van der Waals surface area contributed by atoms with Crippen molar-refractivity contribution >= 4 is 49.6 Å². The maximum Gasteiger partial charge on any atom is 0.277 e. The molecule has 0 spiro atoms. The van der Waals surface area contributed by atoms with Crippen molar-refractivity contribution in [1.82, 2.24) is 0 Å². The summed E-state index contributed by atoms with van der Waals surface area (Å²) in [5, 5.41) is 10.5. The summed E-state index contributed by atoms with van der Waals surface area (Å²) in [6.45, 7) is 6.85. The van der Waals surface area contributed by atoms with Gasteiger partial charge in [-0.2, -0.15) is 5.26 Å². The number of anilines is 1. The van der Waals surface area contributed by atoms with Crippen LogP contribution in [0.1, 0.15) is 48.8 Å². The molecule has 6 heteroatoms. The van der Waals surface area contributed by atoms with Gasteiger partial charge in [-0.3, -0.25) is 4.79 Å². The Bertz CT molecular complexity index is 1050. The van der Waals surface area contributed by atoms with Gasteiger partial charge in [0, 0.05) is 22.0 Å². The summed E-state index contributed by atoms with van der Waals surface area (Å²) in [4.78, 5) is 20.4. The summed E-state index contributed by atoms with van der Waals surface area (Å²) < 4.78 is 0.904. The highest BCUT2D eigenvalue weighted by molar-refractivity contribution is 9.10. The van der Waals surface area contributed by atoms with Crippen molar-refractivity contribution in [3.05, 3.63) is 44.2 Å². The Labute approximate surface area is 178 Å². The van der Waals surface area contributed by atoms with Crippen molar-refractivity contribution in [3.63, 3.8) is 0 Å². The van der Waals surface area contributed by atoms with Crippen molar-refractivity contribution in [2.45, 2.75) is 40.0 Å². The van der Waals surface area contributed by atoms with E-state index in [1.165, 1.54) is 4.88 Å². The summed E-state index contributed by atoms with van der Waals surface area (Å²) in [6.07, 6.45) is 2.99. The Morgan fingerprint density at radius 2 is 2.11 bits per heavy atom. The zero-order chi connectivity index (χ0) is 20.2. The second-order valence-corrected chi connectivity index (χ2v) is 10.6. The lowest BCUT2D eigenvalue weighted by atomic mass is 9.72. The quantitative estimate of drug-likeness (QED) is 0.559. The maximum absolute atomic E-state index is 12.8. The van der Waals surface area contributed by atoms with E-state index in [9.17, 15) is 10.1 Å². The van der Waals surface area contributed by atoms with Crippen molar-refractivity contribution in [2.75, 3.05) is 11.9 Å². The van der Waals surface area contributed by atoms with E-state index < -0.39 is 0 Å². The Morgan fingerprint density at radius 1 is 1.36 bits per heavy atom. The summed E-state index contributed by atoms with van der Waals surface area (Å²) in [5.74, 6) is 0.470. The number of fused-ring (bicyclic) bond motifs is 2. The molecule has 1 aromatic carbocycles. The number of amides is 1. The number of hydrogen-bond donors (Lipinski definition) is 0.